The minimum Gasteiger partial charge on any atom is -0.494 e. The number of amides is 1. The summed E-state index contributed by atoms with van der Waals surface area (Å²) < 4.78 is 12.2. The smallest absolute Gasteiger partial charge is 0.247 e. The molecule has 7 heteroatoms. The van der Waals surface area contributed by atoms with Crippen molar-refractivity contribution in [3.05, 3.63) is 101 Å². The van der Waals surface area contributed by atoms with E-state index < -0.39 is 0 Å². The average Bonchev–Trinajstić information content (AvgIpc) is 3.44. The first-order valence-corrected chi connectivity index (χ1v) is 17.0. The number of carbonyl (C=O) groups is 2. The number of hydroxylamine groups is 1. The van der Waals surface area contributed by atoms with Crippen LogP contribution in [0.25, 0.3) is 11.0 Å². The monoisotopic (exact) mass is 626 g/mol. The number of benzene rings is 3. The average molecular weight is 627 g/mol. The number of aryl methyl sites for hydroxylation is 1. The van der Waals surface area contributed by atoms with Crippen LogP contribution in [-0.2, 0) is 29.1 Å². The van der Waals surface area contributed by atoms with Gasteiger partial charge < -0.3 is 14.1 Å². The molecule has 0 radical (unpaired) electrons. The summed E-state index contributed by atoms with van der Waals surface area (Å²) in [5.74, 6) is 1.09. The van der Waals surface area contributed by atoms with E-state index >= 15 is 0 Å². The third kappa shape index (κ3) is 10.6. The second kappa shape index (κ2) is 18.9. The third-order valence-corrected chi connectivity index (χ3v) is 8.10. The van der Waals surface area contributed by atoms with Crippen molar-refractivity contribution in [1.29, 1.82) is 0 Å². The van der Waals surface area contributed by atoms with E-state index in [1.807, 2.05) is 72.8 Å². The molecule has 1 aromatic heterocycles. The van der Waals surface area contributed by atoms with Gasteiger partial charge in [-0.25, -0.2) is 5.48 Å². The summed E-state index contributed by atoms with van der Waals surface area (Å²) in [6.45, 7) is 10.8. The van der Waals surface area contributed by atoms with Crippen molar-refractivity contribution in [1.82, 2.24) is 10.4 Å². The number of nitrogens with zero attached hydrogens (tertiary/aromatic N) is 1. The fourth-order valence-corrected chi connectivity index (χ4v) is 5.49. The van der Waals surface area contributed by atoms with E-state index in [1.165, 1.54) is 25.7 Å². The summed E-state index contributed by atoms with van der Waals surface area (Å²) in [5.41, 5.74) is 6.06. The molecule has 246 valence electrons. The molecular formula is C39H50N2O5. The van der Waals surface area contributed by atoms with Gasteiger partial charge in [0.1, 0.15) is 17.1 Å². The van der Waals surface area contributed by atoms with Crippen molar-refractivity contribution in [2.45, 2.75) is 85.2 Å². The zero-order valence-electron chi connectivity index (χ0n) is 27.8. The number of unbranched alkanes of at least 4 members (excludes halogenated alkanes) is 3. The molecule has 46 heavy (non-hydrogen) atoms. The Kier molecular flexibility index (Phi) is 14.3. The van der Waals surface area contributed by atoms with Crippen molar-refractivity contribution in [2.24, 2.45) is 0 Å². The highest BCUT2D eigenvalue weighted by Crippen LogP contribution is 2.31. The summed E-state index contributed by atoms with van der Waals surface area (Å²) in [5, 5.41) is 0.725. The van der Waals surface area contributed by atoms with Crippen LogP contribution in [0.2, 0.25) is 0 Å². The number of hydrogen-bond donors (Lipinski definition) is 1. The lowest BCUT2D eigenvalue weighted by Crippen LogP contribution is -2.28. The first-order chi connectivity index (χ1) is 22.5. The number of ketones is 1. The highest BCUT2D eigenvalue weighted by Gasteiger charge is 2.22. The van der Waals surface area contributed by atoms with Crippen LogP contribution in [-0.4, -0.2) is 42.8 Å². The molecule has 0 unspecified atom stereocenters. The maximum absolute atomic E-state index is 13.9. The van der Waals surface area contributed by atoms with Crippen LogP contribution < -0.4 is 10.2 Å². The second-order valence-corrected chi connectivity index (χ2v) is 11.9. The molecule has 0 saturated heterocycles. The quantitative estimate of drug-likeness (QED) is 0.0568. The van der Waals surface area contributed by atoms with Crippen molar-refractivity contribution in [3.8, 4) is 5.75 Å². The number of fused-ring (bicyclic) bond motifs is 1. The Labute approximate surface area is 274 Å². The SMILES string of the molecule is CCCCc1oc2ccc(CC(=O)NOCc3ccccc3)cc2c1C(=O)c1ccc(OCCCN(CCCC)CCCC)cc1. The van der Waals surface area contributed by atoms with Gasteiger partial charge in [-0.15, -0.1) is 0 Å². The molecule has 0 saturated carbocycles. The van der Waals surface area contributed by atoms with Gasteiger partial charge in [-0.05, 0) is 86.3 Å². The van der Waals surface area contributed by atoms with E-state index in [9.17, 15) is 9.59 Å². The summed E-state index contributed by atoms with van der Waals surface area (Å²) in [4.78, 5) is 34.5. The highest BCUT2D eigenvalue weighted by molar-refractivity contribution is 6.17. The van der Waals surface area contributed by atoms with Crippen molar-refractivity contribution in [3.63, 3.8) is 0 Å². The molecule has 1 N–H and O–H groups in total. The number of nitrogens with one attached hydrogen (secondary N) is 1. The Morgan fingerprint density at radius 2 is 1.48 bits per heavy atom. The maximum atomic E-state index is 13.9. The second-order valence-electron chi connectivity index (χ2n) is 11.9. The van der Waals surface area contributed by atoms with E-state index in [0.29, 0.717) is 35.5 Å². The minimum absolute atomic E-state index is 0.0910. The van der Waals surface area contributed by atoms with Gasteiger partial charge >= 0.3 is 0 Å². The maximum Gasteiger partial charge on any atom is 0.247 e. The largest absolute Gasteiger partial charge is 0.494 e. The topological polar surface area (TPSA) is 81.0 Å². The van der Waals surface area contributed by atoms with E-state index in [-0.39, 0.29) is 24.7 Å². The lowest BCUT2D eigenvalue weighted by atomic mass is 9.97. The van der Waals surface area contributed by atoms with Crippen LogP contribution in [0.1, 0.15) is 98.5 Å². The summed E-state index contributed by atoms with van der Waals surface area (Å²) >= 11 is 0. The van der Waals surface area contributed by atoms with Crippen molar-refractivity contribution >= 4 is 22.7 Å². The van der Waals surface area contributed by atoms with Gasteiger partial charge in [0.25, 0.3) is 0 Å². The summed E-state index contributed by atoms with van der Waals surface area (Å²) in [6, 6.07) is 22.7. The first kappa shape index (κ1) is 34.9. The van der Waals surface area contributed by atoms with Crippen LogP contribution >= 0.6 is 0 Å². The lowest BCUT2D eigenvalue weighted by Gasteiger charge is -2.21. The molecule has 0 aliphatic rings. The molecule has 1 amide bonds. The number of furan rings is 1. The predicted molar refractivity (Wildman–Crippen MR) is 184 cm³/mol. The molecule has 0 aliphatic carbocycles. The predicted octanol–water partition coefficient (Wildman–Crippen LogP) is 8.47. The van der Waals surface area contributed by atoms with Crippen LogP contribution in [0, 0.1) is 0 Å². The number of rotatable bonds is 21. The third-order valence-electron chi connectivity index (χ3n) is 8.10. The zero-order valence-corrected chi connectivity index (χ0v) is 27.8. The van der Waals surface area contributed by atoms with Crippen LogP contribution in [0.15, 0.2) is 77.2 Å². The Morgan fingerprint density at radius 3 is 2.17 bits per heavy atom. The van der Waals surface area contributed by atoms with E-state index in [1.54, 1.807) is 0 Å². The van der Waals surface area contributed by atoms with Gasteiger partial charge in [-0.2, -0.15) is 0 Å². The first-order valence-electron chi connectivity index (χ1n) is 17.0. The fourth-order valence-electron chi connectivity index (χ4n) is 5.49. The molecule has 4 rings (SSSR count). The van der Waals surface area contributed by atoms with Crippen molar-refractivity contribution < 1.29 is 23.6 Å². The minimum atomic E-state index is -0.261. The Balaban J connectivity index is 1.40. The van der Waals surface area contributed by atoms with Crippen LogP contribution in [0.3, 0.4) is 0 Å². The molecule has 1 heterocycles. The summed E-state index contributed by atoms with van der Waals surface area (Å²) in [6.07, 6.45) is 8.54. The molecule has 0 spiro atoms. The Bertz CT molecular complexity index is 1490. The number of carbonyl (C=O) groups excluding carboxylic acids is 2. The van der Waals surface area contributed by atoms with E-state index in [4.69, 9.17) is 14.0 Å². The van der Waals surface area contributed by atoms with Gasteiger partial charge in [0, 0.05) is 23.9 Å². The lowest BCUT2D eigenvalue weighted by molar-refractivity contribution is -0.133. The van der Waals surface area contributed by atoms with Gasteiger partial charge in [-0.3, -0.25) is 14.4 Å². The van der Waals surface area contributed by atoms with Crippen molar-refractivity contribution in [2.75, 3.05) is 26.2 Å². The molecule has 4 aromatic rings. The van der Waals surface area contributed by atoms with Gasteiger partial charge in [0.2, 0.25) is 5.91 Å². The van der Waals surface area contributed by atoms with Gasteiger partial charge in [0.05, 0.1) is 25.2 Å². The van der Waals surface area contributed by atoms with Gasteiger partial charge in [0.15, 0.2) is 5.78 Å². The molecular weight excluding hydrogens is 576 g/mol. The van der Waals surface area contributed by atoms with E-state index in [2.05, 4.69) is 31.2 Å². The standard InChI is InChI=1S/C39H50N2O5/c1-4-7-16-36-38(34-27-31(17-22-35(34)46-36)28-37(42)40-45-29-30-14-11-10-12-15-30)39(43)32-18-20-33(21-19-32)44-26-13-25-41(23-8-5-2)24-9-6-3/h10-12,14-15,17-22,27H,4-9,13,16,23-26,28-29H2,1-3H3,(H,40,42). The van der Waals surface area contributed by atoms with E-state index in [0.717, 1.165) is 61.2 Å². The fraction of sp³-hybridized carbons (Fsp3) is 0.436. The number of ether oxygens (including phenoxy) is 1. The molecule has 0 atom stereocenters. The highest BCUT2D eigenvalue weighted by atomic mass is 16.6. The summed E-state index contributed by atoms with van der Waals surface area (Å²) in [7, 11) is 0. The molecule has 0 fully saturated rings. The molecule has 0 bridgehead atoms. The molecule has 7 nitrogen and oxygen atoms in total. The molecule has 3 aromatic carbocycles. The molecule has 0 aliphatic heterocycles. The van der Waals surface area contributed by atoms with Crippen LogP contribution in [0.4, 0.5) is 0 Å². The number of hydrogen-bond acceptors (Lipinski definition) is 6. The zero-order chi connectivity index (χ0) is 32.6. The normalized spacial score (nSPS) is 11.3. The Morgan fingerprint density at radius 1 is 0.783 bits per heavy atom. The van der Waals surface area contributed by atoms with Gasteiger partial charge in [-0.1, -0.05) is 76.4 Å². The Hall–Kier alpha value is -3.94. The van der Waals surface area contributed by atoms with Crippen LogP contribution in [0.5, 0.6) is 5.75 Å².